The van der Waals surface area contributed by atoms with Crippen LogP contribution in [0.15, 0.2) is 18.2 Å². The molecular formula is C22H33N3O2. The van der Waals surface area contributed by atoms with Crippen LogP contribution < -0.4 is 0 Å². The van der Waals surface area contributed by atoms with Gasteiger partial charge in [0.2, 0.25) is 5.91 Å². The molecule has 5 nitrogen and oxygen atoms in total. The zero-order chi connectivity index (χ0) is 19.2. The minimum absolute atomic E-state index is 0.138. The Morgan fingerprint density at radius 1 is 0.926 bits per heavy atom. The van der Waals surface area contributed by atoms with Crippen LogP contribution in [0.25, 0.3) is 0 Å². The number of hydrogen-bond acceptors (Lipinski definition) is 4. The van der Waals surface area contributed by atoms with Gasteiger partial charge in [-0.3, -0.25) is 9.59 Å². The summed E-state index contributed by atoms with van der Waals surface area (Å²) in [7, 11) is 0. The van der Waals surface area contributed by atoms with E-state index in [4.69, 9.17) is 0 Å². The fraction of sp³-hybridized carbons (Fsp3) is 0.636. The van der Waals surface area contributed by atoms with Crippen LogP contribution in [-0.2, 0) is 17.6 Å². The maximum atomic E-state index is 12.6. The molecule has 0 N–H and O–H groups in total. The molecule has 1 fully saturated rings. The van der Waals surface area contributed by atoms with E-state index in [9.17, 15) is 9.59 Å². The SMILES string of the molecule is CCN1CCN(CCCC(=O)c2ccc3c(c2)CCN(C(C)=O)CC3)CC1. The number of amides is 1. The molecule has 2 aliphatic heterocycles. The summed E-state index contributed by atoms with van der Waals surface area (Å²) in [5, 5.41) is 0. The molecule has 27 heavy (non-hydrogen) atoms. The van der Waals surface area contributed by atoms with Crippen LogP contribution in [0.2, 0.25) is 0 Å². The Morgan fingerprint density at radius 2 is 1.59 bits per heavy atom. The molecule has 0 bridgehead atoms. The van der Waals surface area contributed by atoms with Gasteiger partial charge in [0.1, 0.15) is 0 Å². The summed E-state index contributed by atoms with van der Waals surface area (Å²) in [5.41, 5.74) is 3.35. The van der Waals surface area contributed by atoms with E-state index >= 15 is 0 Å². The van der Waals surface area contributed by atoms with E-state index in [1.807, 2.05) is 11.0 Å². The minimum Gasteiger partial charge on any atom is -0.342 e. The average molecular weight is 372 g/mol. The Labute approximate surface area is 163 Å². The Bertz CT molecular complexity index is 666. The molecule has 1 saturated heterocycles. The summed E-state index contributed by atoms with van der Waals surface area (Å²) < 4.78 is 0. The first-order valence-electron chi connectivity index (χ1n) is 10.4. The fourth-order valence-electron chi connectivity index (χ4n) is 4.15. The normalized spacial score (nSPS) is 18.8. The Balaban J connectivity index is 1.49. The Hall–Kier alpha value is -1.72. The lowest BCUT2D eigenvalue weighted by Gasteiger charge is -2.33. The summed E-state index contributed by atoms with van der Waals surface area (Å²) in [5.74, 6) is 0.386. The van der Waals surface area contributed by atoms with Gasteiger partial charge < -0.3 is 14.7 Å². The molecule has 2 aliphatic rings. The van der Waals surface area contributed by atoms with Crippen molar-refractivity contribution >= 4 is 11.7 Å². The van der Waals surface area contributed by atoms with Gasteiger partial charge in [-0.1, -0.05) is 19.1 Å². The molecule has 0 radical (unpaired) electrons. The highest BCUT2D eigenvalue weighted by Gasteiger charge is 2.18. The second-order valence-electron chi connectivity index (χ2n) is 7.79. The van der Waals surface area contributed by atoms with Gasteiger partial charge in [0, 0.05) is 58.2 Å². The van der Waals surface area contributed by atoms with Crippen molar-refractivity contribution in [3.8, 4) is 0 Å². The molecule has 5 heteroatoms. The maximum Gasteiger partial charge on any atom is 0.219 e. The summed E-state index contributed by atoms with van der Waals surface area (Å²) in [6, 6.07) is 6.14. The molecule has 0 saturated carbocycles. The lowest BCUT2D eigenvalue weighted by molar-refractivity contribution is -0.128. The highest BCUT2D eigenvalue weighted by molar-refractivity contribution is 5.96. The molecule has 0 spiro atoms. The topological polar surface area (TPSA) is 43.9 Å². The van der Waals surface area contributed by atoms with E-state index in [0.717, 1.165) is 77.2 Å². The van der Waals surface area contributed by atoms with Gasteiger partial charge in [0.25, 0.3) is 0 Å². The van der Waals surface area contributed by atoms with E-state index in [0.29, 0.717) is 6.42 Å². The van der Waals surface area contributed by atoms with Crippen molar-refractivity contribution < 1.29 is 9.59 Å². The van der Waals surface area contributed by atoms with Gasteiger partial charge in [-0.15, -0.1) is 0 Å². The number of benzene rings is 1. The second kappa shape index (κ2) is 9.47. The second-order valence-corrected chi connectivity index (χ2v) is 7.79. The van der Waals surface area contributed by atoms with Crippen molar-refractivity contribution in [2.45, 2.75) is 39.5 Å². The first-order valence-corrected chi connectivity index (χ1v) is 10.4. The smallest absolute Gasteiger partial charge is 0.219 e. The summed E-state index contributed by atoms with van der Waals surface area (Å²) >= 11 is 0. The lowest BCUT2D eigenvalue weighted by atomic mass is 9.97. The molecule has 2 heterocycles. The van der Waals surface area contributed by atoms with Gasteiger partial charge in [-0.25, -0.2) is 0 Å². The standard InChI is InChI=1S/C22H33N3O2/c1-3-23-13-15-24(16-14-23)10-4-5-22(27)21-7-6-19-8-11-25(18(2)26)12-9-20(19)17-21/h6-7,17H,3-5,8-16H2,1-2H3. The summed E-state index contributed by atoms with van der Waals surface area (Å²) in [6.45, 7) is 12.1. The number of carbonyl (C=O) groups is 2. The van der Waals surface area contributed by atoms with Crippen molar-refractivity contribution in [3.63, 3.8) is 0 Å². The number of rotatable bonds is 6. The zero-order valence-corrected chi connectivity index (χ0v) is 16.9. The van der Waals surface area contributed by atoms with E-state index in [1.165, 1.54) is 11.1 Å². The first kappa shape index (κ1) is 20.0. The molecule has 0 atom stereocenters. The predicted molar refractivity (Wildman–Crippen MR) is 108 cm³/mol. The van der Waals surface area contributed by atoms with E-state index in [1.54, 1.807) is 6.92 Å². The van der Waals surface area contributed by atoms with Crippen molar-refractivity contribution in [3.05, 3.63) is 34.9 Å². The van der Waals surface area contributed by atoms with E-state index in [2.05, 4.69) is 28.9 Å². The number of carbonyl (C=O) groups excluding carboxylic acids is 2. The molecule has 1 aromatic rings. The number of likely N-dealkylation sites (N-methyl/N-ethyl adjacent to an activating group) is 1. The molecule has 1 amide bonds. The number of nitrogens with zero attached hydrogens (tertiary/aromatic N) is 3. The molecule has 148 valence electrons. The van der Waals surface area contributed by atoms with Crippen LogP contribution in [0.5, 0.6) is 0 Å². The van der Waals surface area contributed by atoms with Crippen LogP contribution in [0.3, 0.4) is 0 Å². The van der Waals surface area contributed by atoms with Crippen LogP contribution in [0.1, 0.15) is 48.2 Å². The third-order valence-corrected chi connectivity index (χ3v) is 6.07. The zero-order valence-electron chi connectivity index (χ0n) is 16.9. The first-order chi connectivity index (χ1) is 13.1. The van der Waals surface area contributed by atoms with Crippen LogP contribution in [0.4, 0.5) is 0 Å². The van der Waals surface area contributed by atoms with Crippen LogP contribution in [0, 0.1) is 0 Å². The molecular weight excluding hydrogens is 338 g/mol. The third-order valence-electron chi connectivity index (χ3n) is 6.07. The summed E-state index contributed by atoms with van der Waals surface area (Å²) in [4.78, 5) is 31.1. The van der Waals surface area contributed by atoms with Gasteiger partial charge in [0.15, 0.2) is 5.78 Å². The van der Waals surface area contributed by atoms with E-state index < -0.39 is 0 Å². The third kappa shape index (κ3) is 5.39. The quantitative estimate of drug-likeness (QED) is 0.720. The van der Waals surface area contributed by atoms with Gasteiger partial charge in [-0.2, -0.15) is 0 Å². The highest BCUT2D eigenvalue weighted by atomic mass is 16.2. The predicted octanol–water partition coefficient (Wildman–Crippen LogP) is 2.23. The largest absolute Gasteiger partial charge is 0.342 e. The number of fused-ring (bicyclic) bond motifs is 1. The van der Waals surface area contributed by atoms with Crippen molar-refractivity contribution in [1.82, 2.24) is 14.7 Å². The van der Waals surface area contributed by atoms with E-state index in [-0.39, 0.29) is 11.7 Å². The monoisotopic (exact) mass is 371 g/mol. The van der Waals surface area contributed by atoms with Gasteiger partial charge in [-0.05, 0) is 49.5 Å². The average Bonchev–Trinajstić information content (AvgIpc) is 2.90. The van der Waals surface area contributed by atoms with Gasteiger partial charge >= 0.3 is 0 Å². The molecule has 0 unspecified atom stereocenters. The highest BCUT2D eigenvalue weighted by Crippen LogP contribution is 2.19. The van der Waals surface area contributed by atoms with Gasteiger partial charge in [0.05, 0.1) is 0 Å². The van der Waals surface area contributed by atoms with Crippen LogP contribution in [-0.4, -0.2) is 78.7 Å². The number of ketones is 1. The molecule has 3 rings (SSSR count). The Morgan fingerprint density at radius 3 is 2.26 bits per heavy atom. The lowest BCUT2D eigenvalue weighted by Crippen LogP contribution is -2.46. The molecule has 0 aromatic heterocycles. The van der Waals surface area contributed by atoms with Crippen molar-refractivity contribution in [1.29, 1.82) is 0 Å². The molecule has 1 aromatic carbocycles. The van der Waals surface area contributed by atoms with Crippen molar-refractivity contribution in [2.24, 2.45) is 0 Å². The molecule has 0 aliphatic carbocycles. The summed E-state index contributed by atoms with van der Waals surface area (Å²) in [6.07, 6.45) is 3.28. The maximum absolute atomic E-state index is 12.6. The fourth-order valence-corrected chi connectivity index (χ4v) is 4.15. The number of piperazine rings is 1. The van der Waals surface area contributed by atoms with Crippen LogP contribution >= 0.6 is 0 Å². The number of hydrogen-bond donors (Lipinski definition) is 0. The Kier molecular flexibility index (Phi) is 7.02. The minimum atomic E-state index is 0.138. The van der Waals surface area contributed by atoms with Crippen molar-refractivity contribution in [2.75, 3.05) is 52.4 Å². The number of Topliss-reactive ketones (excluding diaryl/α,β-unsaturated/α-hetero) is 1.